The molecule has 19 heavy (non-hydrogen) atoms. The maximum absolute atomic E-state index is 12.0. The number of hydrogen-bond donors (Lipinski definition) is 0. The van der Waals surface area contributed by atoms with E-state index in [0.29, 0.717) is 5.56 Å². The Bertz CT molecular complexity index is 673. The van der Waals surface area contributed by atoms with E-state index in [0.717, 1.165) is 0 Å². The molecule has 0 aromatic heterocycles. The molecule has 0 amide bonds. The molecule has 0 heterocycles. The van der Waals surface area contributed by atoms with Gasteiger partial charge in [-0.3, -0.25) is 4.79 Å². The lowest BCUT2D eigenvalue weighted by Gasteiger charge is -2.07. The first-order valence-corrected chi connectivity index (χ1v) is 7.00. The Morgan fingerprint density at radius 2 is 1.53 bits per heavy atom. The zero-order valence-corrected chi connectivity index (χ0v) is 11.1. The van der Waals surface area contributed by atoms with Crippen LogP contribution in [0.3, 0.4) is 0 Å². The number of hydrogen-bond acceptors (Lipinski definition) is 4. The van der Waals surface area contributed by atoms with Crippen molar-refractivity contribution in [1.82, 2.24) is 0 Å². The fourth-order valence-electron chi connectivity index (χ4n) is 1.51. The Morgan fingerprint density at radius 3 is 2.05 bits per heavy atom. The summed E-state index contributed by atoms with van der Waals surface area (Å²) in [5.41, 5.74) is 0.457. The Hall–Kier alpha value is -2.14. The van der Waals surface area contributed by atoms with Crippen molar-refractivity contribution >= 4 is 15.9 Å². The molecular formula is C14H12O4S. The Kier molecular flexibility index (Phi) is 3.66. The van der Waals surface area contributed by atoms with Crippen LogP contribution in [0.5, 0.6) is 5.75 Å². The highest BCUT2D eigenvalue weighted by atomic mass is 32.2. The van der Waals surface area contributed by atoms with E-state index in [9.17, 15) is 13.2 Å². The van der Waals surface area contributed by atoms with E-state index in [-0.39, 0.29) is 16.4 Å². The molecule has 0 unspecified atom stereocenters. The summed E-state index contributed by atoms with van der Waals surface area (Å²) in [6.07, 6.45) is 0. The third kappa shape index (κ3) is 3.20. The van der Waals surface area contributed by atoms with E-state index in [1.54, 1.807) is 30.3 Å². The molecule has 0 atom stereocenters. The van der Waals surface area contributed by atoms with E-state index in [1.165, 1.54) is 31.2 Å². The number of ketones is 1. The summed E-state index contributed by atoms with van der Waals surface area (Å²) >= 11 is 0. The van der Waals surface area contributed by atoms with Crippen molar-refractivity contribution < 1.29 is 17.4 Å². The van der Waals surface area contributed by atoms with Crippen LogP contribution in [0.4, 0.5) is 0 Å². The van der Waals surface area contributed by atoms with Gasteiger partial charge in [0.1, 0.15) is 10.6 Å². The molecule has 4 nitrogen and oxygen atoms in total. The molecule has 0 spiro atoms. The van der Waals surface area contributed by atoms with Gasteiger partial charge in [-0.05, 0) is 31.2 Å². The maximum Gasteiger partial charge on any atom is 0.339 e. The van der Waals surface area contributed by atoms with Gasteiger partial charge in [0, 0.05) is 5.56 Å². The van der Waals surface area contributed by atoms with Crippen LogP contribution in [-0.4, -0.2) is 14.2 Å². The summed E-state index contributed by atoms with van der Waals surface area (Å²) in [6.45, 7) is 1.42. The Labute approximate surface area is 111 Å². The number of Topliss-reactive ketones (excluding diaryl/α,β-unsaturated/α-hetero) is 1. The van der Waals surface area contributed by atoms with Gasteiger partial charge in [0.05, 0.1) is 0 Å². The minimum absolute atomic E-state index is 0.0151. The summed E-state index contributed by atoms with van der Waals surface area (Å²) in [5.74, 6) is 0.131. The predicted molar refractivity (Wildman–Crippen MR) is 70.7 cm³/mol. The van der Waals surface area contributed by atoms with E-state index in [1.807, 2.05) is 0 Å². The van der Waals surface area contributed by atoms with Gasteiger partial charge in [-0.25, -0.2) is 0 Å². The smallest absolute Gasteiger partial charge is 0.339 e. The lowest BCUT2D eigenvalue weighted by molar-refractivity contribution is 0.101. The standard InChI is InChI=1S/C14H12O4S/c1-11(15)12-7-9-14(10-8-12)19(16,17)18-13-5-3-2-4-6-13/h2-10H,1H3. The fraction of sp³-hybridized carbons (Fsp3) is 0.0714. The summed E-state index contributed by atoms with van der Waals surface area (Å²) < 4.78 is 28.9. The summed E-state index contributed by atoms with van der Waals surface area (Å²) in [7, 11) is -3.87. The number of para-hydroxylation sites is 1. The minimum atomic E-state index is -3.87. The van der Waals surface area contributed by atoms with Gasteiger partial charge in [0.15, 0.2) is 5.78 Å². The van der Waals surface area contributed by atoms with Gasteiger partial charge in [0.25, 0.3) is 0 Å². The van der Waals surface area contributed by atoms with Crippen LogP contribution in [0.2, 0.25) is 0 Å². The van der Waals surface area contributed by atoms with Crippen molar-refractivity contribution in [3.63, 3.8) is 0 Å². The van der Waals surface area contributed by atoms with E-state index < -0.39 is 10.1 Å². The lowest BCUT2D eigenvalue weighted by atomic mass is 10.2. The maximum atomic E-state index is 12.0. The second-order valence-corrected chi connectivity index (χ2v) is 5.48. The first-order valence-electron chi connectivity index (χ1n) is 5.59. The first kappa shape index (κ1) is 13.3. The minimum Gasteiger partial charge on any atom is -0.379 e. The van der Waals surface area contributed by atoms with Crippen LogP contribution < -0.4 is 4.18 Å². The van der Waals surface area contributed by atoms with E-state index in [4.69, 9.17) is 4.18 Å². The van der Waals surface area contributed by atoms with Crippen LogP contribution in [-0.2, 0) is 10.1 Å². The third-order valence-electron chi connectivity index (χ3n) is 2.50. The number of carbonyl (C=O) groups excluding carboxylic acids is 1. The molecule has 0 radical (unpaired) electrons. The van der Waals surface area contributed by atoms with E-state index in [2.05, 4.69) is 0 Å². The molecule has 98 valence electrons. The second kappa shape index (κ2) is 5.24. The molecule has 2 rings (SSSR count). The average molecular weight is 276 g/mol. The number of benzene rings is 2. The fourth-order valence-corrected chi connectivity index (χ4v) is 2.44. The van der Waals surface area contributed by atoms with Gasteiger partial charge < -0.3 is 4.18 Å². The van der Waals surface area contributed by atoms with Gasteiger partial charge in [-0.1, -0.05) is 30.3 Å². The highest BCUT2D eigenvalue weighted by molar-refractivity contribution is 7.87. The largest absolute Gasteiger partial charge is 0.379 e. The third-order valence-corrected chi connectivity index (χ3v) is 3.76. The van der Waals surface area contributed by atoms with Crippen molar-refractivity contribution in [2.45, 2.75) is 11.8 Å². The molecular weight excluding hydrogens is 264 g/mol. The average Bonchev–Trinajstić information content (AvgIpc) is 2.39. The molecule has 5 heteroatoms. The zero-order chi connectivity index (χ0) is 13.9. The quantitative estimate of drug-likeness (QED) is 0.636. The molecule has 0 aliphatic heterocycles. The SMILES string of the molecule is CC(=O)c1ccc(S(=O)(=O)Oc2ccccc2)cc1. The highest BCUT2D eigenvalue weighted by Crippen LogP contribution is 2.18. The van der Waals surface area contributed by atoms with Crippen molar-refractivity contribution in [1.29, 1.82) is 0 Å². The van der Waals surface area contributed by atoms with Gasteiger partial charge in [-0.15, -0.1) is 0 Å². The van der Waals surface area contributed by atoms with Gasteiger partial charge >= 0.3 is 10.1 Å². The molecule has 0 saturated carbocycles. The summed E-state index contributed by atoms with van der Waals surface area (Å²) in [5, 5.41) is 0. The molecule has 0 aliphatic rings. The first-order chi connectivity index (χ1) is 8.99. The van der Waals surface area contributed by atoms with E-state index >= 15 is 0 Å². The normalized spacial score (nSPS) is 11.0. The molecule has 0 aliphatic carbocycles. The molecule has 0 fully saturated rings. The molecule has 0 saturated heterocycles. The lowest BCUT2D eigenvalue weighted by Crippen LogP contribution is -2.09. The van der Waals surface area contributed by atoms with Crippen LogP contribution in [0.25, 0.3) is 0 Å². The number of carbonyl (C=O) groups is 1. The van der Waals surface area contributed by atoms with Crippen molar-refractivity contribution in [3.8, 4) is 5.75 Å². The highest BCUT2D eigenvalue weighted by Gasteiger charge is 2.16. The molecule has 0 bridgehead atoms. The number of rotatable bonds is 4. The Morgan fingerprint density at radius 1 is 0.947 bits per heavy atom. The van der Waals surface area contributed by atoms with Crippen molar-refractivity contribution in [2.75, 3.05) is 0 Å². The predicted octanol–water partition coefficient (Wildman–Crippen LogP) is 2.66. The molecule has 0 N–H and O–H groups in total. The van der Waals surface area contributed by atoms with Crippen LogP contribution in [0, 0.1) is 0 Å². The van der Waals surface area contributed by atoms with Crippen molar-refractivity contribution in [2.24, 2.45) is 0 Å². The second-order valence-electron chi connectivity index (χ2n) is 3.93. The van der Waals surface area contributed by atoms with Crippen LogP contribution >= 0.6 is 0 Å². The zero-order valence-electron chi connectivity index (χ0n) is 10.2. The van der Waals surface area contributed by atoms with Crippen LogP contribution in [0.15, 0.2) is 59.5 Å². The summed E-state index contributed by atoms with van der Waals surface area (Å²) in [4.78, 5) is 11.1. The monoisotopic (exact) mass is 276 g/mol. The van der Waals surface area contributed by atoms with Gasteiger partial charge in [-0.2, -0.15) is 8.42 Å². The molecule has 2 aromatic rings. The Balaban J connectivity index is 2.27. The molecule has 2 aromatic carbocycles. The topological polar surface area (TPSA) is 60.4 Å². The summed E-state index contributed by atoms with van der Waals surface area (Å²) in [6, 6.07) is 13.9. The van der Waals surface area contributed by atoms with Gasteiger partial charge in [0.2, 0.25) is 0 Å². The van der Waals surface area contributed by atoms with Crippen LogP contribution in [0.1, 0.15) is 17.3 Å². The van der Waals surface area contributed by atoms with Crippen molar-refractivity contribution in [3.05, 3.63) is 60.2 Å².